The van der Waals surface area contributed by atoms with Gasteiger partial charge in [-0.2, -0.15) is 0 Å². The van der Waals surface area contributed by atoms with Gasteiger partial charge < -0.3 is 10.2 Å². The number of rotatable bonds is 3. The SMILES string of the molecule is CC(C)C(C(=O)N1C2CCNCC1CC2)c1ccccc1. The smallest absolute Gasteiger partial charge is 0.230 e. The summed E-state index contributed by atoms with van der Waals surface area (Å²) in [6.45, 7) is 6.32. The lowest BCUT2D eigenvalue weighted by atomic mass is 9.86. The first kappa shape index (κ1) is 14.6. The minimum absolute atomic E-state index is 0.00704. The van der Waals surface area contributed by atoms with Gasteiger partial charge in [0, 0.05) is 18.6 Å². The predicted molar refractivity (Wildman–Crippen MR) is 85.2 cm³/mol. The number of carbonyl (C=O) groups is 1. The van der Waals surface area contributed by atoms with Gasteiger partial charge in [-0.05, 0) is 37.3 Å². The second-order valence-electron chi connectivity index (χ2n) is 6.76. The first-order chi connectivity index (χ1) is 10.2. The van der Waals surface area contributed by atoms with Crippen molar-refractivity contribution in [1.29, 1.82) is 0 Å². The van der Waals surface area contributed by atoms with Crippen LogP contribution in [0.5, 0.6) is 0 Å². The molecule has 0 aliphatic carbocycles. The molecule has 1 aromatic carbocycles. The van der Waals surface area contributed by atoms with Gasteiger partial charge in [0.15, 0.2) is 0 Å². The molecule has 2 bridgehead atoms. The highest BCUT2D eigenvalue weighted by Crippen LogP contribution is 2.34. The van der Waals surface area contributed by atoms with Crippen LogP contribution in [-0.2, 0) is 4.79 Å². The molecule has 114 valence electrons. The lowest BCUT2D eigenvalue weighted by molar-refractivity contribution is -0.136. The number of nitrogens with one attached hydrogen (secondary N) is 1. The van der Waals surface area contributed by atoms with Crippen LogP contribution in [0, 0.1) is 5.92 Å². The van der Waals surface area contributed by atoms with E-state index in [-0.39, 0.29) is 5.92 Å². The average Bonchev–Trinajstić information content (AvgIpc) is 2.73. The molecule has 3 unspecified atom stereocenters. The van der Waals surface area contributed by atoms with E-state index >= 15 is 0 Å². The molecular formula is C18H26N2O. The zero-order chi connectivity index (χ0) is 14.8. The second kappa shape index (κ2) is 6.18. The Balaban J connectivity index is 1.88. The zero-order valence-electron chi connectivity index (χ0n) is 13.1. The molecule has 21 heavy (non-hydrogen) atoms. The molecule has 3 nitrogen and oxygen atoms in total. The van der Waals surface area contributed by atoms with Crippen molar-refractivity contribution < 1.29 is 4.79 Å². The Labute approximate surface area is 127 Å². The molecule has 2 saturated heterocycles. The summed E-state index contributed by atoms with van der Waals surface area (Å²) >= 11 is 0. The van der Waals surface area contributed by atoms with E-state index in [0.717, 1.165) is 31.5 Å². The highest BCUT2D eigenvalue weighted by Gasteiger charge is 2.41. The van der Waals surface area contributed by atoms with Crippen LogP contribution in [0.4, 0.5) is 0 Å². The lowest BCUT2D eigenvalue weighted by Crippen LogP contribution is -2.45. The number of fused-ring (bicyclic) bond motifs is 2. The van der Waals surface area contributed by atoms with Crippen molar-refractivity contribution in [1.82, 2.24) is 10.2 Å². The Morgan fingerprint density at radius 1 is 1.14 bits per heavy atom. The molecule has 1 amide bonds. The maximum Gasteiger partial charge on any atom is 0.230 e. The van der Waals surface area contributed by atoms with E-state index in [2.05, 4.69) is 36.2 Å². The van der Waals surface area contributed by atoms with Crippen LogP contribution in [0.3, 0.4) is 0 Å². The van der Waals surface area contributed by atoms with Gasteiger partial charge in [0.2, 0.25) is 5.91 Å². The standard InChI is InChI=1S/C18H26N2O/c1-13(2)17(14-6-4-3-5-7-14)18(21)20-15-8-9-16(20)12-19-11-10-15/h3-7,13,15-17,19H,8-12H2,1-2H3. The van der Waals surface area contributed by atoms with Crippen molar-refractivity contribution in [3.8, 4) is 0 Å². The summed E-state index contributed by atoms with van der Waals surface area (Å²) in [6, 6.07) is 11.1. The van der Waals surface area contributed by atoms with Crippen molar-refractivity contribution in [3.63, 3.8) is 0 Å². The fourth-order valence-electron chi connectivity index (χ4n) is 3.98. The Kier molecular flexibility index (Phi) is 4.29. The summed E-state index contributed by atoms with van der Waals surface area (Å²) < 4.78 is 0. The van der Waals surface area contributed by atoms with Gasteiger partial charge in [-0.3, -0.25) is 4.79 Å². The molecule has 0 radical (unpaired) electrons. The van der Waals surface area contributed by atoms with Crippen LogP contribution in [0.15, 0.2) is 30.3 Å². The van der Waals surface area contributed by atoms with Gasteiger partial charge in [0.1, 0.15) is 0 Å². The van der Waals surface area contributed by atoms with E-state index in [1.54, 1.807) is 0 Å². The topological polar surface area (TPSA) is 32.3 Å². The summed E-state index contributed by atoms with van der Waals surface area (Å²) in [5.41, 5.74) is 1.16. The number of hydrogen-bond acceptors (Lipinski definition) is 2. The Morgan fingerprint density at radius 3 is 2.57 bits per heavy atom. The number of benzene rings is 1. The van der Waals surface area contributed by atoms with Gasteiger partial charge in [0.25, 0.3) is 0 Å². The number of carbonyl (C=O) groups excluding carboxylic acids is 1. The molecule has 3 rings (SSSR count). The third-order valence-corrected chi connectivity index (χ3v) is 5.00. The molecule has 1 N–H and O–H groups in total. The van der Waals surface area contributed by atoms with Crippen molar-refractivity contribution >= 4 is 5.91 Å². The van der Waals surface area contributed by atoms with Crippen LogP contribution in [-0.4, -0.2) is 36.0 Å². The summed E-state index contributed by atoms with van der Waals surface area (Å²) in [5.74, 6) is 0.662. The van der Waals surface area contributed by atoms with Crippen molar-refractivity contribution in [3.05, 3.63) is 35.9 Å². The van der Waals surface area contributed by atoms with Crippen molar-refractivity contribution in [2.24, 2.45) is 5.92 Å². The van der Waals surface area contributed by atoms with Crippen molar-refractivity contribution in [2.75, 3.05) is 13.1 Å². The molecule has 2 heterocycles. The number of amides is 1. The molecule has 0 aromatic heterocycles. The van der Waals surface area contributed by atoms with Crippen LogP contribution < -0.4 is 5.32 Å². The minimum atomic E-state index is -0.00704. The highest BCUT2D eigenvalue weighted by atomic mass is 16.2. The van der Waals surface area contributed by atoms with Crippen LogP contribution in [0.2, 0.25) is 0 Å². The molecule has 2 fully saturated rings. The molecule has 3 heteroatoms. The first-order valence-electron chi connectivity index (χ1n) is 8.26. The van der Waals surface area contributed by atoms with E-state index in [9.17, 15) is 4.79 Å². The van der Waals surface area contributed by atoms with Crippen molar-refractivity contribution in [2.45, 2.75) is 51.1 Å². The predicted octanol–water partition coefficient (Wildman–Crippen LogP) is 2.78. The maximum atomic E-state index is 13.3. The molecule has 0 saturated carbocycles. The van der Waals surface area contributed by atoms with Crippen LogP contribution >= 0.6 is 0 Å². The molecule has 2 aliphatic heterocycles. The largest absolute Gasteiger partial charge is 0.335 e. The van der Waals surface area contributed by atoms with Crippen LogP contribution in [0.25, 0.3) is 0 Å². The van der Waals surface area contributed by atoms with Gasteiger partial charge in [-0.15, -0.1) is 0 Å². The zero-order valence-corrected chi connectivity index (χ0v) is 13.1. The van der Waals surface area contributed by atoms with Gasteiger partial charge in [0.05, 0.1) is 5.92 Å². The van der Waals surface area contributed by atoms with Gasteiger partial charge in [-0.1, -0.05) is 44.2 Å². The van der Waals surface area contributed by atoms with E-state index in [0.29, 0.717) is 23.9 Å². The fraction of sp³-hybridized carbons (Fsp3) is 0.611. The average molecular weight is 286 g/mol. The Hall–Kier alpha value is -1.35. The monoisotopic (exact) mass is 286 g/mol. The summed E-state index contributed by atoms with van der Waals surface area (Å²) in [5, 5.41) is 3.48. The third-order valence-electron chi connectivity index (χ3n) is 5.00. The van der Waals surface area contributed by atoms with E-state index in [4.69, 9.17) is 0 Å². The normalized spacial score (nSPS) is 26.7. The number of hydrogen-bond donors (Lipinski definition) is 1. The lowest BCUT2D eigenvalue weighted by Gasteiger charge is -2.33. The highest BCUT2D eigenvalue weighted by molar-refractivity contribution is 5.85. The second-order valence-corrected chi connectivity index (χ2v) is 6.76. The molecular weight excluding hydrogens is 260 g/mol. The summed E-state index contributed by atoms with van der Waals surface area (Å²) in [6.07, 6.45) is 3.43. The summed E-state index contributed by atoms with van der Waals surface area (Å²) in [4.78, 5) is 15.5. The molecule has 3 atom stereocenters. The quantitative estimate of drug-likeness (QED) is 0.926. The Morgan fingerprint density at radius 2 is 1.86 bits per heavy atom. The molecule has 1 aromatic rings. The van der Waals surface area contributed by atoms with Crippen LogP contribution in [0.1, 0.15) is 44.6 Å². The van der Waals surface area contributed by atoms with E-state index in [1.165, 1.54) is 6.42 Å². The first-order valence-corrected chi connectivity index (χ1v) is 8.26. The summed E-state index contributed by atoms with van der Waals surface area (Å²) in [7, 11) is 0. The van der Waals surface area contributed by atoms with Gasteiger partial charge >= 0.3 is 0 Å². The Bertz CT molecular complexity index is 471. The van der Waals surface area contributed by atoms with Gasteiger partial charge in [-0.25, -0.2) is 0 Å². The minimum Gasteiger partial charge on any atom is -0.335 e. The maximum absolute atomic E-state index is 13.3. The molecule has 0 spiro atoms. The fourth-order valence-corrected chi connectivity index (χ4v) is 3.98. The van der Waals surface area contributed by atoms with E-state index < -0.39 is 0 Å². The number of nitrogens with zero attached hydrogens (tertiary/aromatic N) is 1. The third kappa shape index (κ3) is 2.84. The van der Waals surface area contributed by atoms with E-state index in [1.807, 2.05) is 18.2 Å². The molecule has 2 aliphatic rings.